The largest absolute Gasteiger partial charge is 0.333 e. The Labute approximate surface area is 112 Å². The molecule has 0 saturated carbocycles. The van der Waals surface area contributed by atoms with E-state index >= 15 is 0 Å². The Hall–Kier alpha value is -1.72. The SMILES string of the molecule is CCCn1ccnc1C(NN)c1ccc(F)cc1C. The van der Waals surface area contributed by atoms with Gasteiger partial charge in [0.15, 0.2) is 0 Å². The molecule has 2 aromatic rings. The molecule has 1 aromatic heterocycles. The summed E-state index contributed by atoms with van der Waals surface area (Å²) in [5.74, 6) is 6.28. The predicted octanol–water partition coefficient (Wildman–Crippen LogP) is 2.29. The summed E-state index contributed by atoms with van der Waals surface area (Å²) in [6, 6.07) is 4.47. The maximum absolute atomic E-state index is 13.2. The Morgan fingerprint density at radius 3 is 2.89 bits per heavy atom. The van der Waals surface area contributed by atoms with Crippen LogP contribution in [0, 0.1) is 12.7 Å². The number of halogens is 1. The van der Waals surface area contributed by atoms with Gasteiger partial charge >= 0.3 is 0 Å². The van der Waals surface area contributed by atoms with Gasteiger partial charge in [-0.2, -0.15) is 0 Å². The van der Waals surface area contributed by atoms with Crippen molar-refractivity contribution in [3.05, 3.63) is 53.4 Å². The highest BCUT2D eigenvalue weighted by Gasteiger charge is 2.19. The van der Waals surface area contributed by atoms with Gasteiger partial charge in [-0.25, -0.2) is 14.8 Å². The summed E-state index contributed by atoms with van der Waals surface area (Å²) in [6.07, 6.45) is 4.71. The fraction of sp³-hybridized carbons (Fsp3) is 0.357. The van der Waals surface area contributed by atoms with Crippen molar-refractivity contribution in [3.63, 3.8) is 0 Å². The molecule has 0 aliphatic heterocycles. The van der Waals surface area contributed by atoms with Crippen molar-refractivity contribution in [2.75, 3.05) is 0 Å². The summed E-state index contributed by atoms with van der Waals surface area (Å²) in [7, 11) is 0. The van der Waals surface area contributed by atoms with E-state index in [1.54, 1.807) is 12.3 Å². The molecule has 0 aliphatic carbocycles. The molecule has 0 amide bonds. The number of imidazole rings is 1. The third-order valence-electron chi connectivity index (χ3n) is 3.18. The lowest BCUT2D eigenvalue weighted by Crippen LogP contribution is -2.31. The van der Waals surface area contributed by atoms with Crippen molar-refractivity contribution in [2.24, 2.45) is 5.84 Å². The summed E-state index contributed by atoms with van der Waals surface area (Å²) >= 11 is 0. The maximum atomic E-state index is 13.2. The average Bonchev–Trinajstić information content (AvgIpc) is 2.82. The van der Waals surface area contributed by atoms with Gasteiger partial charge in [-0.15, -0.1) is 0 Å². The molecule has 1 unspecified atom stereocenters. The topological polar surface area (TPSA) is 55.9 Å². The minimum absolute atomic E-state index is 0.234. The van der Waals surface area contributed by atoms with Crippen molar-refractivity contribution < 1.29 is 4.39 Å². The number of rotatable bonds is 5. The van der Waals surface area contributed by atoms with Crippen LogP contribution in [0.15, 0.2) is 30.6 Å². The molecule has 0 bridgehead atoms. The first-order valence-electron chi connectivity index (χ1n) is 6.40. The number of nitrogens with two attached hydrogens (primary N) is 1. The molecule has 2 rings (SSSR count). The molecular weight excluding hydrogens is 243 g/mol. The number of hydrogen-bond acceptors (Lipinski definition) is 3. The van der Waals surface area contributed by atoms with Gasteiger partial charge in [-0.05, 0) is 36.6 Å². The molecule has 0 spiro atoms. The zero-order valence-corrected chi connectivity index (χ0v) is 11.2. The molecule has 102 valence electrons. The van der Waals surface area contributed by atoms with Crippen molar-refractivity contribution in [2.45, 2.75) is 32.9 Å². The maximum Gasteiger partial charge on any atom is 0.131 e. The monoisotopic (exact) mass is 262 g/mol. The Bertz CT molecular complexity index is 550. The van der Waals surface area contributed by atoms with E-state index in [4.69, 9.17) is 5.84 Å². The Balaban J connectivity index is 2.41. The minimum Gasteiger partial charge on any atom is -0.333 e. The summed E-state index contributed by atoms with van der Waals surface area (Å²) in [4.78, 5) is 4.37. The van der Waals surface area contributed by atoms with E-state index in [0.717, 1.165) is 29.9 Å². The van der Waals surface area contributed by atoms with E-state index < -0.39 is 0 Å². The third kappa shape index (κ3) is 2.83. The molecule has 1 aromatic carbocycles. The lowest BCUT2D eigenvalue weighted by molar-refractivity contribution is 0.542. The van der Waals surface area contributed by atoms with Gasteiger partial charge in [0.05, 0.1) is 0 Å². The first-order chi connectivity index (χ1) is 9.17. The fourth-order valence-corrected chi connectivity index (χ4v) is 2.28. The number of aromatic nitrogens is 2. The van der Waals surface area contributed by atoms with Crippen LogP contribution in [0.5, 0.6) is 0 Å². The zero-order chi connectivity index (χ0) is 13.8. The summed E-state index contributed by atoms with van der Waals surface area (Å²) in [6.45, 7) is 4.86. The average molecular weight is 262 g/mol. The molecule has 0 radical (unpaired) electrons. The van der Waals surface area contributed by atoms with Crippen LogP contribution >= 0.6 is 0 Å². The fourth-order valence-electron chi connectivity index (χ4n) is 2.28. The molecule has 19 heavy (non-hydrogen) atoms. The van der Waals surface area contributed by atoms with Gasteiger partial charge in [-0.3, -0.25) is 5.84 Å². The number of benzene rings is 1. The number of nitrogens with one attached hydrogen (secondary N) is 1. The van der Waals surface area contributed by atoms with Gasteiger partial charge < -0.3 is 4.57 Å². The van der Waals surface area contributed by atoms with Gasteiger partial charge in [-0.1, -0.05) is 13.0 Å². The molecule has 5 heteroatoms. The summed E-state index contributed by atoms with van der Waals surface area (Å²) in [5.41, 5.74) is 4.57. The van der Waals surface area contributed by atoms with E-state index in [0.29, 0.717) is 0 Å². The van der Waals surface area contributed by atoms with E-state index in [1.807, 2.05) is 13.1 Å². The van der Waals surface area contributed by atoms with E-state index in [9.17, 15) is 4.39 Å². The molecule has 4 nitrogen and oxygen atoms in total. The van der Waals surface area contributed by atoms with E-state index in [2.05, 4.69) is 21.9 Å². The van der Waals surface area contributed by atoms with E-state index in [-0.39, 0.29) is 11.9 Å². The van der Waals surface area contributed by atoms with Gasteiger partial charge in [0.2, 0.25) is 0 Å². The van der Waals surface area contributed by atoms with Gasteiger partial charge in [0.1, 0.15) is 17.7 Å². The van der Waals surface area contributed by atoms with Crippen molar-refractivity contribution in [3.8, 4) is 0 Å². The van der Waals surface area contributed by atoms with Crippen LogP contribution in [-0.2, 0) is 6.54 Å². The van der Waals surface area contributed by atoms with Crippen molar-refractivity contribution >= 4 is 0 Å². The molecular formula is C14H19FN4. The van der Waals surface area contributed by atoms with Crippen LogP contribution < -0.4 is 11.3 Å². The van der Waals surface area contributed by atoms with Crippen molar-refractivity contribution in [1.29, 1.82) is 0 Å². The number of hydrazine groups is 1. The van der Waals surface area contributed by atoms with Crippen LogP contribution in [0.1, 0.15) is 36.3 Å². The van der Waals surface area contributed by atoms with Crippen LogP contribution in [0.4, 0.5) is 4.39 Å². The van der Waals surface area contributed by atoms with Crippen molar-refractivity contribution in [1.82, 2.24) is 15.0 Å². The highest BCUT2D eigenvalue weighted by atomic mass is 19.1. The second-order valence-electron chi connectivity index (χ2n) is 4.58. The second-order valence-corrected chi connectivity index (χ2v) is 4.58. The normalized spacial score (nSPS) is 12.6. The number of nitrogens with zero attached hydrogens (tertiary/aromatic N) is 2. The molecule has 3 N–H and O–H groups in total. The first-order valence-corrected chi connectivity index (χ1v) is 6.40. The smallest absolute Gasteiger partial charge is 0.131 e. The minimum atomic E-state index is -0.242. The third-order valence-corrected chi connectivity index (χ3v) is 3.18. The van der Waals surface area contributed by atoms with Gasteiger partial charge in [0, 0.05) is 18.9 Å². The lowest BCUT2D eigenvalue weighted by Gasteiger charge is -2.19. The molecule has 1 atom stereocenters. The Kier molecular flexibility index (Phi) is 4.29. The van der Waals surface area contributed by atoms with Crippen LogP contribution in [0.25, 0.3) is 0 Å². The highest BCUT2D eigenvalue weighted by Crippen LogP contribution is 2.24. The molecule has 1 heterocycles. The number of aryl methyl sites for hydroxylation is 2. The van der Waals surface area contributed by atoms with Crippen LogP contribution in [0.3, 0.4) is 0 Å². The lowest BCUT2D eigenvalue weighted by atomic mass is 10.0. The Morgan fingerprint density at radius 2 is 2.26 bits per heavy atom. The molecule has 0 aliphatic rings. The summed E-state index contributed by atoms with van der Waals surface area (Å²) in [5, 5.41) is 0. The first kappa shape index (κ1) is 13.7. The van der Waals surface area contributed by atoms with Crippen LogP contribution in [0.2, 0.25) is 0 Å². The van der Waals surface area contributed by atoms with E-state index in [1.165, 1.54) is 12.1 Å². The highest BCUT2D eigenvalue weighted by molar-refractivity contribution is 5.33. The quantitative estimate of drug-likeness (QED) is 0.642. The van der Waals surface area contributed by atoms with Crippen LogP contribution in [-0.4, -0.2) is 9.55 Å². The standard InChI is InChI=1S/C14H19FN4/c1-3-7-19-8-6-17-14(19)13(18-16)12-5-4-11(15)9-10(12)2/h4-6,8-9,13,18H,3,7,16H2,1-2H3. The number of hydrogen-bond donors (Lipinski definition) is 2. The Morgan fingerprint density at radius 1 is 1.47 bits per heavy atom. The summed E-state index contributed by atoms with van der Waals surface area (Å²) < 4.78 is 15.2. The molecule has 0 saturated heterocycles. The predicted molar refractivity (Wildman–Crippen MR) is 72.8 cm³/mol. The second kappa shape index (κ2) is 5.95. The van der Waals surface area contributed by atoms with Gasteiger partial charge in [0.25, 0.3) is 0 Å². The zero-order valence-electron chi connectivity index (χ0n) is 11.2. The molecule has 0 fully saturated rings.